The van der Waals surface area contributed by atoms with Crippen LogP contribution in [0.3, 0.4) is 0 Å². The van der Waals surface area contributed by atoms with E-state index in [1.165, 1.54) is 0 Å². The number of nitrogens with zero attached hydrogens (tertiary/aromatic N) is 1. The van der Waals surface area contributed by atoms with E-state index < -0.39 is 0 Å². The largest absolute Gasteiger partial charge is 0.338 e. The summed E-state index contributed by atoms with van der Waals surface area (Å²) in [5.74, 6) is 0. The Morgan fingerprint density at radius 1 is 1.35 bits per heavy atom. The number of benzene rings is 1. The van der Waals surface area contributed by atoms with E-state index in [0.717, 1.165) is 24.9 Å². The zero-order valence-corrected chi connectivity index (χ0v) is 10.5. The second-order valence-corrected chi connectivity index (χ2v) is 3.99. The van der Waals surface area contributed by atoms with Crippen molar-refractivity contribution in [2.45, 2.75) is 26.3 Å². The van der Waals surface area contributed by atoms with E-state index in [0.29, 0.717) is 13.1 Å². The average molecular weight is 233 g/mol. The van der Waals surface area contributed by atoms with Crippen molar-refractivity contribution in [1.29, 1.82) is 0 Å². The van der Waals surface area contributed by atoms with Gasteiger partial charge in [-0.15, -0.1) is 0 Å². The summed E-state index contributed by atoms with van der Waals surface area (Å²) in [5, 5.41) is 2.90. The lowest BCUT2D eigenvalue weighted by Gasteiger charge is -2.21. The molecule has 0 aromatic heterocycles. The van der Waals surface area contributed by atoms with Gasteiger partial charge in [-0.2, -0.15) is 0 Å². The Morgan fingerprint density at radius 2 is 2.06 bits per heavy atom. The van der Waals surface area contributed by atoms with Gasteiger partial charge >= 0.3 is 6.03 Å². The Labute approximate surface area is 104 Å². The maximum atomic E-state index is 11.8. The maximum Gasteiger partial charge on any atom is 0.317 e. The van der Waals surface area contributed by atoms with E-state index in [-0.39, 0.29) is 6.03 Å². The third-order valence-electron chi connectivity index (χ3n) is 2.58. The van der Waals surface area contributed by atoms with Gasteiger partial charge in [0.2, 0.25) is 0 Å². The van der Waals surface area contributed by atoms with Gasteiger partial charge in [0.15, 0.2) is 0 Å². The van der Waals surface area contributed by atoms with Crippen LogP contribution in [0.2, 0.25) is 0 Å². The first-order valence-electron chi connectivity index (χ1n) is 6.14. The van der Waals surface area contributed by atoms with E-state index in [4.69, 9.17) is 0 Å². The Kier molecular flexibility index (Phi) is 6.15. The van der Waals surface area contributed by atoms with Gasteiger partial charge in [0, 0.05) is 19.6 Å². The molecule has 0 bridgehead atoms. The van der Waals surface area contributed by atoms with Gasteiger partial charge in [-0.25, -0.2) is 4.79 Å². The van der Waals surface area contributed by atoms with Crippen molar-refractivity contribution in [3.05, 3.63) is 42.8 Å². The smallest absolute Gasteiger partial charge is 0.317 e. The van der Waals surface area contributed by atoms with Crippen LogP contribution < -0.4 is 5.32 Å². The minimum absolute atomic E-state index is 0.0303. The molecule has 1 aromatic carbocycles. The average Bonchev–Trinajstić information content (AvgIpc) is 2.37. The molecule has 1 radical (unpaired) electrons. The molecule has 17 heavy (non-hydrogen) atoms. The van der Waals surface area contributed by atoms with Gasteiger partial charge < -0.3 is 10.2 Å². The van der Waals surface area contributed by atoms with Crippen LogP contribution in [0.1, 0.15) is 25.3 Å². The van der Waals surface area contributed by atoms with E-state index in [1.807, 2.05) is 30.3 Å². The molecule has 0 aliphatic carbocycles. The molecular formula is C14H21N2O. The molecule has 0 atom stereocenters. The number of unbranched alkanes of at least 4 members (excludes halogenated alkanes) is 1. The number of carbonyl (C=O) groups is 1. The third kappa shape index (κ3) is 4.89. The lowest BCUT2D eigenvalue weighted by molar-refractivity contribution is 0.200. The fraction of sp³-hybridized carbons (Fsp3) is 0.429. The first-order valence-corrected chi connectivity index (χ1v) is 6.14. The van der Waals surface area contributed by atoms with Gasteiger partial charge in [0.25, 0.3) is 0 Å². The highest BCUT2D eigenvalue weighted by Gasteiger charge is 2.10. The summed E-state index contributed by atoms with van der Waals surface area (Å²) in [6, 6.07) is 9.93. The quantitative estimate of drug-likeness (QED) is 0.753. The molecule has 0 fully saturated rings. The van der Waals surface area contributed by atoms with Crippen molar-refractivity contribution in [1.82, 2.24) is 10.2 Å². The Morgan fingerprint density at radius 3 is 2.65 bits per heavy atom. The van der Waals surface area contributed by atoms with Crippen LogP contribution in [0.4, 0.5) is 4.79 Å². The van der Waals surface area contributed by atoms with Crippen molar-refractivity contribution in [2.24, 2.45) is 0 Å². The number of hydrogen-bond donors (Lipinski definition) is 1. The molecule has 0 heterocycles. The molecule has 2 amide bonds. The van der Waals surface area contributed by atoms with Gasteiger partial charge in [-0.3, -0.25) is 0 Å². The van der Waals surface area contributed by atoms with Crippen molar-refractivity contribution >= 4 is 6.03 Å². The molecule has 3 nitrogen and oxygen atoms in total. The van der Waals surface area contributed by atoms with Crippen molar-refractivity contribution in [3.63, 3.8) is 0 Å². The second kappa shape index (κ2) is 7.71. The van der Waals surface area contributed by atoms with Crippen LogP contribution in [0, 0.1) is 6.92 Å². The fourth-order valence-corrected chi connectivity index (χ4v) is 1.54. The molecule has 1 aromatic rings. The molecule has 0 unspecified atom stereocenters. The van der Waals surface area contributed by atoms with Gasteiger partial charge in [-0.05, 0) is 18.9 Å². The minimum atomic E-state index is -0.0303. The fourth-order valence-electron chi connectivity index (χ4n) is 1.54. The van der Waals surface area contributed by atoms with Gasteiger partial charge in [0.05, 0.1) is 0 Å². The van der Waals surface area contributed by atoms with Gasteiger partial charge in [0.1, 0.15) is 0 Å². The number of hydrogen-bond acceptors (Lipinski definition) is 1. The highest BCUT2D eigenvalue weighted by molar-refractivity contribution is 5.74. The van der Waals surface area contributed by atoms with E-state index in [2.05, 4.69) is 19.2 Å². The number of rotatable bonds is 6. The number of nitrogens with one attached hydrogen (secondary N) is 1. The minimum Gasteiger partial charge on any atom is -0.338 e. The van der Waals surface area contributed by atoms with E-state index in [1.54, 1.807) is 4.90 Å². The summed E-state index contributed by atoms with van der Waals surface area (Å²) < 4.78 is 0. The molecule has 0 aliphatic heterocycles. The molecule has 93 valence electrons. The molecule has 3 heteroatoms. The lowest BCUT2D eigenvalue weighted by Crippen LogP contribution is -2.39. The van der Waals surface area contributed by atoms with Crippen molar-refractivity contribution < 1.29 is 4.79 Å². The third-order valence-corrected chi connectivity index (χ3v) is 2.58. The standard InChI is InChI=1S/C14H21N2O/c1-3-5-11-15-14(17)16(4-2)12-13-9-7-6-8-10-13/h6-10H,2-5,11-12H2,1H3,(H,15,17). The van der Waals surface area contributed by atoms with Crippen LogP contribution in [0.25, 0.3) is 0 Å². The summed E-state index contributed by atoms with van der Waals surface area (Å²) in [6.07, 6.45) is 2.10. The normalized spacial score (nSPS) is 10.0. The SMILES string of the molecule is [CH2]CN(Cc1ccccc1)C(=O)NCCCC. The maximum absolute atomic E-state index is 11.8. The van der Waals surface area contributed by atoms with Crippen molar-refractivity contribution in [3.8, 4) is 0 Å². The number of amides is 2. The topological polar surface area (TPSA) is 32.3 Å². The highest BCUT2D eigenvalue weighted by atomic mass is 16.2. The Hall–Kier alpha value is -1.51. The summed E-state index contributed by atoms with van der Waals surface area (Å²) >= 11 is 0. The first kappa shape index (κ1) is 13.6. The monoisotopic (exact) mass is 233 g/mol. The predicted molar refractivity (Wildman–Crippen MR) is 70.5 cm³/mol. The first-order chi connectivity index (χ1) is 8.27. The predicted octanol–water partition coefficient (Wildman–Crippen LogP) is 2.83. The zero-order chi connectivity index (χ0) is 12.5. The van der Waals surface area contributed by atoms with Crippen LogP contribution >= 0.6 is 0 Å². The van der Waals surface area contributed by atoms with Crippen molar-refractivity contribution in [2.75, 3.05) is 13.1 Å². The Balaban J connectivity index is 2.45. The lowest BCUT2D eigenvalue weighted by atomic mass is 10.2. The molecule has 1 N–H and O–H groups in total. The van der Waals surface area contributed by atoms with E-state index in [9.17, 15) is 4.79 Å². The molecule has 0 saturated heterocycles. The summed E-state index contributed by atoms with van der Waals surface area (Å²) in [6.45, 7) is 7.73. The molecule has 0 saturated carbocycles. The van der Waals surface area contributed by atoms with Crippen LogP contribution in [-0.2, 0) is 6.54 Å². The highest BCUT2D eigenvalue weighted by Crippen LogP contribution is 2.04. The van der Waals surface area contributed by atoms with Crippen LogP contribution in [0.15, 0.2) is 30.3 Å². The van der Waals surface area contributed by atoms with Gasteiger partial charge in [-0.1, -0.05) is 43.7 Å². The van der Waals surface area contributed by atoms with Crippen LogP contribution in [-0.4, -0.2) is 24.0 Å². The molecule has 1 rings (SSSR count). The number of carbonyl (C=O) groups excluding carboxylic acids is 1. The molecule has 0 aliphatic rings. The Bertz CT molecular complexity index is 324. The van der Waals surface area contributed by atoms with E-state index >= 15 is 0 Å². The molecular weight excluding hydrogens is 212 g/mol. The number of urea groups is 1. The van der Waals surface area contributed by atoms with Crippen LogP contribution in [0.5, 0.6) is 0 Å². The molecule has 0 spiro atoms. The summed E-state index contributed by atoms with van der Waals surface area (Å²) in [5.41, 5.74) is 1.13. The summed E-state index contributed by atoms with van der Waals surface area (Å²) in [4.78, 5) is 13.5. The second-order valence-electron chi connectivity index (χ2n) is 3.99. The zero-order valence-electron chi connectivity index (χ0n) is 10.5. The summed E-state index contributed by atoms with van der Waals surface area (Å²) in [7, 11) is 0.